The van der Waals surface area contributed by atoms with Gasteiger partial charge in [0.05, 0.1) is 11.9 Å². The number of halogens is 1. The molecule has 0 aliphatic rings. The SMILES string of the molecule is CCCCNC(=O)[C@H](CC)N(Cc1ccccc1C)C(=O)CCCN(c1cc(Cl)ccc1C)S(C)(=O)=O. The van der Waals surface area contributed by atoms with Crippen LogP contribution in [0.4, 0.5) is 5.69 Å². The zero-order chi connectivity index (χ0) is 27.6. The van der Waals surface area contributed by atoms with Gasteiger partial charge in [0.2, 0.25) is 21.8 Å². The van der Waals surface area contributed by atoms with Crippen LogP contribution in [0.2, 0.25) is 5.02 Å². The summed E-state index contributed by atoms with van der Waals surface area (Å²) in [5.74, 6) is -0.345. The Hall–Kier alpha value is -2.58. The number of rotatable bonds is 14. The second-order valence-electron chi connectivity index (χ2n) is 9.39. The molecular weight excluding hydrogens is 510 g/mol. The molecule has 9 heteroatoms. The number of nitrogens with zero attached hydrogens (tertiary/aromatic N) is 2. The molecule has 2 aromatic rings. The maximum atomic E-state index is 13.5. The largest absolute Gasteiger partial charge is 0.354 e. The average Bonchev–Trinajstić information content (AvgIpc) is 2.84. The highest BCUT2D eigenvalue weighted by Crippen LogP contribution is 2.27. The first-order chi connectivity index (χ1) is 17.5. The molecule has 0 saturated heterocycles. The smallest absolute Gasteiger partial charge is 0.242 e. The van der Waals surface area contributed by atoms with E-state index in [0.29, 0.717) is 36.6 Å². The summed E-state index contributed by atoms with van der Waals surface area (Å²) in [4.78, 5) is 28.2. The van der Waals surface area contributed by atoms with Gasteiger partial charge in [-0.25, -0.2) is 8.42 Å². The van der Waals surface area contributed by atoms with Gasteiger partial charge >= 0.3 is 0 Å². The second-order valence-corrected chi connectivity index (χ2v) is 11.7. The van der Waals surface area contributed by atoms with Crippen LogP contribution in [-0.4, -0.2) is 50.5 Å². The highest BCUT2D eigenvalue weighted by atomic mass is 35.5. The standard InChI is InChI=1S/C28H40ClN3O4S/c1-6-8-17-30-28(34)25(7-2)31(20-23-13-10-9-12-21(23)3)27(33)14-11-18-32(37(5,35)36)26-19-24(29)16-15-22(26)4/h9-10,12-13,15-16,19,25H,6-8,11,14,17-18,20H2,1-5H3,(H,30,34)/t25-/m0/s1. The van der Waals surface area contributed by atoms with Crippen LogP contribution in [0.25, 0.3) is 0 Å². The molecule has 0 aliphatic carbocycles. The van der Waals surface area contributed by atoms with Gasteiger partial charge in [0.15, 0.2) is 0 Å². The third-order valence-electron chi connectivity index (χ3n) is 6.41. The Morgan fingerprint density at radius 3 is 2.35 bits per heavy atom. The molecule has 1 atom stereocenters. The predicted molar refractivity (Wildman–Crippen MR) is 151 cm³/mol. The lowest BCUT2D eigenvalue weighted by molar-refractivity contribution is -0.141. The fourth-order valence-corrected chi connectivity index (χ4v) is 5.41. The Kier molecular flexibility index (Phi) is 11.9. The number of carbonyl (C=O) groups excluding carboxylic acids is 2. The summed E-state index contributed by atoms with van der Waals surface area (Å²) in [6.45, 7) is 8.77. The highest BCUT2D eigenvalue weighted by molar-refractivity contribution is 7.92. The molecule has 37 heavy (non-hydrogen) atoms. The third kappa shape index (κ3) is 9.04. The third-order valence-corrected chi connectivity index (χ3v) is 7.82. The van der Waals surface area contributed by atoms with Crippen molar-refractivity contribution < 1.29 is 18.0 Å². The Labute approximate surface area is 227 Å². The van der Waals surface area contributed by atoms with Gasteiger partial charge in [0, 0.05) is 31.1 Å². The van der Waals surface area contributed by atoms with Crippen LogP contribution in [0, 0.1) is 13.8 Å². The van der Waals surface area contributed by atoms with Gasteiger partial charge < -0.3 is 10.2 Å². The lowest BCUT2D eigenvalue weighted by Gasteiger charge is -2.31. The number of unbranched alkanes of at least 4 members (excludes halogenated alkanes) is 1. The van der Waals surface area contributed by atoms with Crippen LogP contribution in [-0.2, 0) is 26.2 Å². The molecule has 2 rings (SSSR count). The van der Waals surface area contributed by atoms with Gasteiger partial charge in [-0.3, -0.25) is 13.9 Å². The van der Waals surface area contributed by atoms with Gasteiger partial charge in [-0.2, -0.15) is 0 Å². The summed E-state index contributed by atoms with van der Waals surface area (Å²) >= 11 is 6.13. The fourth-order valence-electron chi connectivity index (χ4n) is 4.23. The van der Waals surface area contributed by atoms with E-state index in [0.717, 1.165) is 35.8 Å². The topological polar surface area (TPSA) is 86.8 Å². The number of aryl methyl sites for hydroxylation is 2. The molecule has 0 aliphatic heterocycles. The van der Waals surface area contributed by atoms with E-state index in [9.17, 15) is 18.0 Å². The zero-order valence-corrected chi connectivity index (χ0v) is 24.2. The molecule has 0 fully saturated rings. The van der Waals surface area contributed by atoms with Gasteiger partial charge in [-0.15, -0.1) is 0 Å². The van der Waals surface area contributed by atoms with Crippen molar-refractivity contribution in [3.05, 3.63) is 64.2 Å². The quantitative estimate of drug-likeness (QED) is 0.327. The Morgan fingerprint density at radius 1 is 1.03 bits per heavy atom. The van der Waals surface area contributed by atoms with Crippen molar-refractivity contribution in [2.24, 2.45) is 0 Å². The minimum Gasteiger partial charge on any atom is -0.354 e. The van der Waals surface area contributed by atoms with E-state index >= 15 is 0 Å². The monoisotopic (exact) mass is 549 g/mol. The Balaban J connectivity index is 2.24. The molecule has 0 unspecified atom stereocenters. The molecule has 0 heterocycles. The summed E-state index contributed by atoms with van der Waals surface area (Å²) in [5.41, 5.74) is 3.29. The van der Waals surface area contributed by atoms with Crippen molar-refractivity contribution in [1.29, 1.82) is 0 Å². The highest BCUT2D eigenvalue weighted by Gasteiger charge is 2.29. The molecule has 2 aromatic carbocycles. The van der Waals surface area contributed by atoms with Crippen molar-refractivity contribution in [2.45, 2.75) is 72.4 Å². The van der Waals surface area contributed by atoms with E-state index < -0.39 is 16.1 Å². The first kappa shape index (κ1) is 30.6. The maximum absolute atomic E-state index is 13.5. The number of sulfonamides is 1. The molecule has 2 amide bonds. The molecule has 0 aromatic heterocycles. The fraction of sp³-hybridized carbons (Fsp3) is 0.500. The molecule has 0 spiro atoms. The summed E-state index contributed by atoms with van der Waals surface area (Å²) in [5, 5.41) is 3.40. The van der Waals surface area contributed by atoms with Crippen LogP contribution in [0.1, 0.15) is 62.6 Å². The lowest BCUT2D eigenvalue weighted by Crippen LogP contribution is -2.49. The van der Waals surface area contributed by atoms with Crippen molar-refractivity contribution >= 4 is 39.1 Å². The number of carbonyl (C=O) groups is 2. The van der Waals surface area contributed by atoms with Crippen LogP contribution in [0.15, 0.2) is 42.5 Å². The summed E-state index contributed by atoms with van der Waals surface area (Å²) < 4.78 is 26.5. The van der Waals surface area contributed by atoms with E-state index in [2.05, 4.69) is 12.2 Å². The molecule has 0 bridgehead atoms. The van der Waals surface area contributed by atoms with E-state index in [4.69, 9.17) is 11.6 Å². The lowest BCUT2D eigenvalue weighted by atomic mass is 10.0. The molecule has 1 N–H and O–H groups in total. The average molecular weight is 550 g/mol. The van der Waals surface area contributed by atoms with Crippen LogP contribution in [0.3, 0.4) is 0 Å². The summed E-state index contributed by atoms with van der Waals surface area (Å²) in [6.07, 6.45) is 3.87. The number of hydrogen-bond acceptors (Lipinski definition) is 4. The van der Waals surface area contributed by atoms with Crippen molar-refractivity contribution in [2.75, 3.05) is 23.7 Å². The second kappa shape index (κ2) is 14.4. The van der Waals surface area contributed by atoms with E-state index in [1.54, 1.807) is 23.1 Å². The summed E-state index contributed by atoms with van der Waals surface area (Å²) in [7, 11) is -3.59. The van der Waals surface area contributed by atoms with Crippen LogP contribution < -0.4 is 9.62 Å². The molecule has 0 radical (unpaired) electrons. The zero-order valence-electron chi connectivity index (χ0n) is 22.6. The maximum Gasteiger partial charge on any atom is 0.242 e. The van der Waals surface area contributed by atoms with Crippen LogP contribution >= 0.6 is 11.6 Å². The molecule has 0 saturated carbocycles. The van der Waals surface area contributed by atoms with E-state index in [1.807, 2.05) is 45.0 Å². The molecular formula is C28H40ClN3O4S. The van der Waals surface area contributed by atoms with Crippen molar-refractivity contribution in [3.8, 4) is 0 Å². The Bertz CT molecular complexity index is 1170. The minimum atomic E-state index is -3.59. The number of anilines is 1. The number of hydrogen-bond donors (Lipinski definition) is 1. The number of benzene rings is 2. The van der Waals surface area contributed by atoms with E-state index in [1.165, 1.54) is 4.31 Å². The Morgan fingerprint density at radius 2 is 1.73 bits per heavy atom. The van der Waals surface area contributed by atoms with Gasteiger partial charge in [0.1, 0.15) is 6.04 Å². The van der Waals surface area contributed by atoms with E-state index in [-0.39, 0.29) is 24.8 Å². The van der Waals surface area contributed by atoms with Gasteiger partial charge in [-0.05, 0) is 61.9 Å². The number of amides is 2. The van der Waals surface area contributed by atoms with Gasteiger partial charge in [0.25, 0.3) is 0 Å². The normalized spacial score (nSPS) is 12.2. The van der Waals surface area contributed by atoms with Crippen LogP contribution in [0.5, 0.6) is 0 Å². The first-order valence-electron chi connectivity index (χ1n) is 12.8. The number of nitrogens with one attached hydrogen (secondary N) is 1. The first-order valence-corrected chi connectivity index (χ1v) is 15.1. The molecule has 204 valence electrons. The summed E-state index contributed by atoms with van der Waals surface area (Å²) in [6, 6.07) is 12.3. The predicted octanol–water partition coefficient (Wildman–Crippen LogP) is 5.23. The van der Waals surface area contributed by atoms with Gasteiger partial charge in [-0.1, -0.05) is 62.2 Å². The minimum absolute atomic E-state index is 0.107. The van der Waals surface area contributed by atoms with Crippen molar-refractivity contribution in [1.82, 2.24) is 10.2 Å². The molecule has 7 nitrogen and oxygen atoms in total. The van der Waals surface area contributed by atoms with Crippen molar-refractivity contribution in [3.63, 3.8) is 0 Å².